The van der Waals surface area contributed by atoms with E-state index in [9.17, 15) is 24.1 Å². The second-order valence-corrected chi connectivity index (χ2v) is 18.6. The molecule has 1 unspecified atom stereocenters. The monoisotopic (exact) mass is 868 g/mol. The number of hydrogen-bond acceptors (Lipinski definition) is 12. The van der Waals surface area contributed by atoms with Gasteiger partial charge in [-0.15, -0.1) is 19.3 Å². The second kappa shape index (κ2) is 29.2. The molecule has 3 saturated carbocycles. The molecule has 16 nitrogen and oxygen atoms in total. The lowest BCUT2D eigenvalue weighted by atomic mass is 9.58. The average Bonchev–Trinajstić information content (AvgIpc) is 3.21. The van der Waals surface area contributed by atoms with Gasteiger partial charge in [-0.3, -0.25) is 19.2 Å². The van der Waals surface area contributed by atoms with Gasteiger partial charge in [-0.2, -0.15) is 0 Å². The Hall–Kier alpha value is -3.11. The lowest BCUT2D eigenvalue weighted by Crippen LogP contribution is -2.59. The number of terminal acetylenes is 3. The highest BCUT2D eigenvalue weighted by atomic mass is 32.5. The molecule has 3 aliphatic carbocycles. The molecule has 0 aromatic rings. The molecule has 3 aliphatic rings. The highest BCUT2D eigenvalue weighted by Gasteiger charge is 2.55. The van der Waals surface area contributed by atoms with Crippen LogP contribution in [0.1, 0.15) is 77.0 Å². The van der Waals surface area contributed by atoms with E-state index in [0.29, 0.717) is 78.2 Å². The second-order valence-electron chi connectivity index (χ2n) is 14.7. The van der Waals surface area contributed by atoms with Gasteiger partial charge >= 0.3 is 0 Å². The summed E-state index contributed by atoms with van der Waals surface area (Å²) in [6.45, 7) is 2.66. The molecule has 0 aromatic heterocycles. The van der Waals surface area contributed by atoms with Crippen LogP contribution >= 0.6 is 6.49 Å². The minimum absolute atomic E-state index is 0.0154. The molecule has 59 heavy (non-hydrogen) atoms. The summed E-state index contributed by atoms with van der Waals surface area (Å²) in [6, 6.07) is 0. The smallest absolute Gasteiger partial charge is 0.226 e. The molecular formula is C41H65N4O12PS. The maximum Gasteiger partial charge on any atom is 0.226 e. The van der Waals surface area contributed by atoms with Gasteiger partial charge in [0.2, 0.25) is 23.6 Å². The van der Waals surface area contributed by atoms with Crippen molar-refractivity contribution in [2.75, 3.05) is 106 Å². The zero-order valence-corrected chi connectivity index (χ0v) is 36.3. The van der Waals surface area contributed by atoms with Gasteiger partial charge in [0.25, 0.3) is 0 Å². The average molecular weight is 869 g/mol. The number of rotatable bonds is 34. The van der Waals surface area contributed by atoms with E-state index in [4.69, 9.17) is 64.0 Å². The largest absolute Gasteiger partial charge is 0.377 e. The maximum atomic E-state index is 14.5. The van der Waals surface area contributed by atoms with E-state index in [1.54, 1.807) is 0 Å². The normalized spacial score (nSPS) is 19.4. The van der Waals surface area contributed by atoms with Crippen LogP contribution in [0.5, 0.6) is 0 Å². The summed E-state index contributed by atoms with van der Waals surface area (Å²) < 4.78 is 38.1. The number of carbonyl (C=O) groups excluding carboxylic acids is 4. The van der Waals surface area contributed by atoms with Gasteiger partial charge in [0.15, 0.2) is 6.49 Å². The van der Waals surface area contributed by atoms with Crippen molar-refractivity contribution in [2.24, 2.45) is 5.41 Å². The molecule has 2 bridgehead atoms. The van der Waals surface area contributed by atoms with Crippen molar-refractivity contribution < 1.29 is 57.0 Å². The first-order chi connectivity index (χ1) is 28.3. The molecule has 4 amide bonds. The summed E-state index contributed by atoms with van der Waals surface area (Å²) in [5.41, 5.74) is -2.36. The first kappa shape index (κ1) is 52.0. The summed E-state index contributed by atoms with van der Waals surface area (Å²) in [7, 11) is 0. The topological polar surface area (TPSA) is 201 Å². The van der Waals surface area contributed by atoms with Gasteiger partial charge < -0.3 is 59.1 Å². The van der Waals surface area contributed by atoms with Crippen molar-refractivity contribution >= 4 is 41.9 Å². The van der Waals surface area contributed by atoms with E-state index in [-0.39, 0.29) is 121 Å². The van der Waals surface area contributed by atoms with Crippen molar-refractivity contribution in [1.29, 1.82) is 0 Å². The lowest BCUT2D eigenvalue weighted by molar-refractivity contribution is -0.148. The summed E-state index contributed by atoms with van der Waals surface area (Å²) in [5.74, 6) is 6.14. The molecule has 3 fully saturated rings. The number of ether oxygens (including phenoxy) is 6. The van der Waals surface area contributed by atoms with Crippen molar-refractivity contribution in [2.45, 2.75) is 88.2 Å². The number of fused-ring (bicyclic) bond motifs is 3. The van der Waals surface area contributed by atoms with Gasteiger partial charge in [-0.05, 0) is 69.6 Å². The summed E-state index contributed by atoms with van der Waals surface area (Å²) >= 11 is 5.21. The number of nitrogens with one attached hydrogen (secondary N) is 4. The van der Waals surface area contributed by atoms with Gasteiger partial charge in [0, 0.05) is 56.5 Å². The molecule has 18 heteroatoms. The molecule has 0 heterocycles. The van der Waals surface area contributed by atoms with Crippen LogP contribution in [0.2, 0.25) is 0 Å². The van der Waals surface area contributed by atoms with Crippen molar-refractivity contribution in [1.82, 2.24) is 21.3 Å². The molecule has 3 rings (SSSR count). The van der Waals surface area contributed by atoms with Gasteiger partial charge in [-0.25, -0.2) is 0 Å². The molecule has 1 atom stereocenters. The molecule has 0 aliphatic heterocycles. The van der Waals surface area contributed by atoms with E-state index in [0.717, 1.165) is 0 Å². The van der Waals surface area contributed by atoms with E-state index >= 15 is 0 Å². The van der Waals surface area contributed by atoms with Gasteiger partial charge in [0.05, 0.1) is 65.1 Å². The highest BCUT2D eigenvalue weighted by Crippen LogP contribution is 2.59. The highest BCUT2D eigenvalue weighted by molar-refractivity contribution is 8.09. The fraction of sp³-hybridized carbons (Fsp3) is 0.756. The number of amides is 4. The third-order valence-corrected chi connectivity index (χ3v) is 11.2. The fourth-order valence-corrected chi connectivity index (χ4v) is 8.56. The Balaban J connectivity index is 2.17. The van der Waals surface area contributed by atoms with Crippen molar-refractivity contribution in [3.05, 3.63) is 0 Å². The van der Waals surface area contributed by atoms with Crippen LogP contribution in [0, 0.1) is 42.4 Å². The van der Waals surface area contributed by atoms with Crippen LogP contribution in [0.4, 0.5) is 0 Å². The predicted molar refractivity (Wildman–Crippen MR) is 225 cm³/mol. The summed E-state index contributed by atoms with van der Waals surface area (Å²) in [4.78, 5) is 64.4. The minimum Gasteiger partial charge on any atom is -0.377 e. The van der Waals surface area contributed by atoms with E-state index in [1.165, 1.54) is 6.66 Å². The van der Waals surface area contributed by atoms with E-state index in [2.05, 4.69) is 39.0 Å². The standard InChI is InChI=1S/C41H65N4O12PS/c1-5-23-51-29-32-54-26-20-42-35(46)8-11-40(12-9-36(47)43-21-27-55-33-30-52-24-6-2,13-10-37(48)44-22-28-56-34-31-53-25-7-3)45-38(49)39-14-17-41(18-15-39,19-16-39)57-58(4,50)59/h1-3H,8-34H2,4H3,(H,42,46)(H,43,47)(H,44,48)(H,45,49)(H,50,59). The summed E-state index contributed by atoms with van der Waals surface area (Å²) in [6.07, 6.45) is 19.4. The van der Waals surface area contributed by atoms with Crippen LogP contribution in [0.15, 0.2) is 0 Å². The van der Waals surface area contributed by atoms with E-state index < -0.39 is 23.0 Å². The Labute approximate surface area is 355 Å². The Bertz CT molecular complexity index is 1340. The first-order valence-electron chi connectivity index (χ1n) is 20.2. The molecule has 5 N–H and O–H groups in total. The Morgan fingerprint density at radius 2 is 0.949 bits per heavy atom. The van der Waals surface area contributed by atoms with Crippen LogP contribution in [-0.4, -0.2) is 145 Å². The van der Waals surface area contributed by atoms with Crippen LogP contribution < -0.4 is 21.3 Å². The molecule has 0 spiro atoms. The van der Waals surface area contributed by atoms with Crippen LogP contribution in [-0.2, 0) is 63.9 Å². The Kier molecular flexibility index (Phi) is 25.7. The SMILES string of the molecule is C#CCOCCOCCNC(=O)CCC(CCC(=O)NCCOCCOCC#C)(CCC(=O)NCCOCCOCC#C)NC(=O)C12CCC(OP(C)(O)=S)(CC1)CC2. The van der Waals surface area contributed by atoms with Crippen molar-refractivity contribution in [3.8, 4) is 37.0 Å². The molecule has 0 aromatic carbocycles. The first-order valence-corrected chi connectivity index (χ1v) is 23.3. The number of hydrogen-bond donors (Lipinski definition) is 5. The quantitative estimate of drug-likeness (QED) is 0.0355. The maximum absolute atomic E-state index is 14.5. The molecule has 0 saturated heterocycles. The van der Waals surface area contributed by atoms with E-state index in [1.807, 2.05) is 0 Å². The van der Waals surface area contributed by atoms with Gasteiger partial charge in [-0.1, -0.05) is 17.8 Å². The lowest BCUT2D eigenvalue weighted by Gasteiger charge is -2.53. The van der Waals surface area contributed by atoms with Crippen LogP contribution in [0.3, 0.4) is 0 Å². The predicted octanol–water partition coefficient (Wildman–Crippen LogP) is 1.57. The summed E-state index contributed by atoms with van der Waals surface area (Å²) in [5, 5.41) is 11.9. The molecule has 332 valence electrons. The van der Waals surface area contributed by atoms with Crippen molar-refractivity contribution in [3.63, 3.8) is 0 Å². The third kappa shape index (κ3) is 22.3. The Morgan fingerprint density at radius 3 is 1.27 bits per heavy atom. The number of carbonyl (C=O) groups is 4. The minimum atomic E-state index is -2.92. The zero-order chi connectivity index (χ0) is 43.3. The molecular weight excluding hydrogens is 804 g/mol. The fourth-order valence-electron chi connectivity index (χ4n) is 7.09. The zero-order valence-electron chi connectivity index (χ0n) is 34.6. The third-order valence-electron chi connectivity index (χ3n) is 10.3. The van der Waals surface area contributed by atoms with Gasteiger partial charge in [0.1, 0.15) is 19.8 Å². The molecule has 0 radical (unpaired) electrons. The van der Waals surface area contributed by atoms with Crippen LogP contribution in [0.25, 0.3) is 0 Å². The Morgan fingerprint density at radius 1 is 0.610 bits per heavy atom.